The van der Waals surface area contributed by atoms with E-state index < -0.39 is 29.2 Å². The molecule has 0 saturated carbocycles. The Kier molecular flexibility index (Phi) is 9.09. The lowest BCUT2D eigenvalue weighted by atomic mass is 9.71. The molecule has 0 unspecified atom stereocenters. The van der Waals surface area contributed by atoms with Gasteiger partial charge in [0.15, 0.2) is 0 Å². The Morgan fingerprint density at radius 3 is 1.26 bits per heavy atom. The first-order valence-electron chi connectivity index (χ1n) is 13.0. The minimum atomic E-state index is -1.21. The zero-order chi connectivity index (χ0) is 30.1. The van der Waals surface area contributed by atoms with Gasteiger partial charge in [0.2, 0.25) is 11.8 Å². The van der Waals surface area contributed by atoms with E-state index in [1.54, 1.807) is 24.3 Å². The third kappa shape index (κ3) is 7.25. The van der Waals surface area contributed by atoms with E-state index in [0.29, 0.717) is 11.4 Å². The van der Waals surface area contributed by atoms with E-state index >= 15 is 0 Å². The van der Waals surface area contributed by atoms with Gasteiger partial charge in [-0.2, -0.15) is 0 Å². The SMILES string of the molecule is CC(c1ccc(NC(=O)/C=C/C(=O)O)cc1)(c1ccc(NC(=O)/C=C/C(=O)O)cc1)c1ccc(-c2ccccc2)cc1. The zero-order valence-corrected chi connectivity index (χ0v) is 22.7. The van der Waals surface area contributed by atoms with E-state index in [-0.39, 0.29) is 0 Å². The van der Waals surface area contributed by atoms with Gasteiger partial charge in [0.05, 0.1) is 0 Å². The number of amides is 2. The summed E-state index contributed by atoms with van der Waals surface area (Å²) in [4.78, 5) is 45.5. The molecule has 8 heteroatoms. The van der Waals surface area contributed by atoms with Gasteiger partial charge in [-0.25, -0.2) is 9.59 Å². The van der Waals surface area contributed by atoms with E-state index in [2.05, 4.69) is 41.8 Å². The summed E-state index contributed by atoms with van der Waals surface area (Å²) in [6, 6.07) is 32.9. The van der Waals surface area contributed by atoms with Crippen molar-refractivity contribution >= 4 is 35.1 Å². The predicted molar refractivity (Wildman–Crippen MR) is 161 cm³/mol. The number of nitrogens with one attached hydrogen (secondary N) is 2. The van der Waals surface area contributed by atoms with Crippen molar-refractivity contribution in [3.63, 3.8) is 0 Å². The Labute approximate surface area is 242 Å². The maximum Gasteiger partial charge on any atom is 0.328 e. The topological polar surface area (TPSA) is 133 Å². The van der Waals surface area contributed by atoms with Crippen LogP contribution in [0.5, 0.6) is 0 Å². The molecule has 0 aliphatic carbocycles. The second-order valence-electron chi connectivity index (χ2n) is 9.54. The van der Waals surface area contributed by atoms with Gasteiger partial charge in [0, 0.05) is 41.1 Å². The molecule has 0 aliphatic heterocycles. The second-order valence-corrected chi connectivity index (χ2v) is 9.54. The Morgan fingerprint density at radius 2 is 0.881 bits per heavy atom. The summed E-state index contributed by atoms with van der Waals surface area (Å²) in [5, 5.41) is 22.8. The molecular weight excluding hydrogens is 532 g/mol. The highest BCUT2D eigenvalue weighted by molar-refractivity contribution is 6.03. The molecule has 2 amide bonds. The summed E-state index contributed by atoms with van der Waals surface area (Å²) >= 11 is 0. The average molecular weight is 561 g/mol. The summed E-state index contributed by atoms with van der Waals surface area (Å²) in [7, 11) is 0. The highest BCUT2D eigenvalue weighted by Gasteiger charge is 2.31. The number of hydrogen-bond donors (Lipinski definition) is 4. The fourth-order valence-electron chi connectivity index (χ4n) is 4.56. The van der Waals surface area contributed by atoms with Crippen LogP contribution in [0.25, 0.3) is 11.1 Å². The minimum Gasteiger partial charge on any atom is -0.478 e. The van der Waals surface area contributed by atoms with E-state index in [1.807, 2.05) is 54.6 Å². The molecule has 4 aromatic rings. The number of carboxylic acid groups (broad SMARTS) is 2. The lowest BCUT2D eigenvalue weighted by Crippen LogP contribution is -2.25. The van der Waals surface area contributed by atoms with Gasteiger partial charge < -0.3 is 20.8 Å². The standard InChI is InChI=1S/C34H28N2O6/c1-34(25-9-7-24(8-10-25)23-5-3-2-4-6-23,26-11-15-28(16-12-26)35-30(37)19-21-32(39)40)27-13-17-29(18-14-27)36-31(38)20-22-33(41)42/h2-22H,1H3,(H,35,37)(H,36,38)(H,39,40)(H,41,42)/b21-19+,22-20+. The van der Waals surface area contributed by atoms with Crippen LogP contribution in [0.15, 0.2) is 127 Å². The van der Waals surface area contributed by atoms with E-state index in [4.69, 9.17) is 10.2 Å². The summed E-state index contributed by atoms with van der Waals surface area (Å²) in [6.07, 6.45) is 3.45. The molecule has 0 aromatic heterocycles. The normalized spacial score (nSPS) is 11.4. The van der Waals surface area contributed by atoms with Crippen LogP contribution in [0, 0.1) is 0 Å². The minimum absolute atomic E-state index is 0.507. The smallest absolute Gasteiger partial charge is 0.328 e. The van der Waals surface area contributed by atoms with Crippen LogP contribution in [0.2, 0.25) is 0 Å². The number of anilines is 2. The number of carbonyl (C=O) groups is 4. The van der Waals surface area contributed by atoms with E-state index in [9.17, 15) is 19.2 Å². The molecule has 0 spiro atoms. The van der Waals surface area contributed by atoms with Crippen molar-refractivity contribution in [2.45, 2.75) is 12.3 Å². The molecule has 4 N–H and O–H groups in total. The molecule has 210 valence electrons. The largest absolute Gasteiger partial charge is 0.478 e. The first-order valence-corrected chi connectivity index (χ1v) is 13.0. The molecule has 4 aromatic carbocycles. The maximum atomic E-state index is 12.0. The van der Waals surface area contributed by atoms with Gasteiger partial charge in [0.1, 0.15) is 0 Å². The monoisotopic (exact) mass is 560 g/mol. The molecule has 0 atom stereocenters. The van der Waals surface area contributed by atoms with Crippen LogP contribution in [0.3, 0.4) is 0 Å². The molecule has 0 aliphatic rings. The van der Waals surface area contributed by atoms with Gasteiger partial charge in [-0.15, -0.1) is 0 Å². The highest BCUT2D eigenvalue weighted by Crippen LogP contribution is 2.40. The maximum absolute atomic E-state index is 12.0. The van der Waals surface area contributed by atoms with Crippen LogP contribution in [0.4, 0.5) is 11.4 Å². The van der Waals surface area contributed by atoms with Crippen LogP contribution in [-0.4, -0.2) is 34.0 Å². The van der Waals surface area contributed by atoms with Crippen LogP contribution < -0.4 is 10.6 Å². The van der Waals surface area contributed by atoms with Crippen molar-refractivity contribution in [1.29, 1.82) is 0 Å². The molecule has 0 bridgehead atoms. The van der Waals surface area contributed by atoms with Crippen LogP contribution in [0.1, 0.15) is 23.6 Å². The number of rotatable bonds is 10. The van der Waals surface area contributed by atoms with Gasteiger partial charge in [-0.05, 0) is 59.0 Å². The fraction of sp³-hybridized carbons (Fsp3) is 0.0588. The lowest BCUT2D eigenvalue weighted by Gasteiger charge is -2.32. The Hall–Kier alpha value is -5.76. The summed E-state index contributed by atoms with van der Waals surface area (Å²) in [6.45, 7) is 2.08. The highest BCUT2D eigenvalue weighted by atomic mass is 16.4. The molecular formula is C34H28N2O6. The number of hydrogen-bond acceptors (Lipinski definition) is 4. The Morgan fingerprint density at radius 1 is 0.524 bits per heavy atom. The first kappa shape index (κ1) is 29.2. The number of benzene rings is 4. The third-order valence-electron chi connectivity index (χ3n) is 6.78. The quantitative estimate of drug-likeness (QED) is 0.142. The van der Waals surface area contributed by atoms with Crippen LogP contribution in [-0.2, 0) is 24.6 Å². The average Bonchev–Trinajstić information content (AvgIpc) is 3.00. The van der Waals surface area contributed by atoms with Crippen molar-refractivity contribution in [3.05, 3.63) is 144 Å². The van der Waals surface area contributed by atoms with E-state index in [0.717, 1.165) is 52.1 Å². The molecule has 4 rings (SSSR count). The molecule has 0 radical (unpaired) electrons. The Bertz CT molecular complexity index is 1560. The zero-order valence-electron chi connectivity index (χ0n) is 22.7. The number of carboxylic acids is 2. The molecule has 0 heterocycles. The number of aliphatic carboxylic acids is 2. The summed E-state index contributed by atoms with van der Waals surface area (Å²) < 4.78 is 0. The predicted octanol–water partition coefficient (Wildman–Crippen LogP) is 5.87. The van der Waals surface area contributed by atoms with Gasteiger partial charge in [-0.1, -0.05) is 78.9 Å². The molecule has 0 fully saturated rings. The molecule has 0 saturated heterocycles. The first-order chi connectivity index (χ1) is 20.1. The molecule has 42 heavy (non-hydrogen) atoms. The number of carbonyl (C=O) groups excluding carboxylic acids is 2. The van der Waals surface area contributed by atoms with Gasteiger partial charge in [0.25, 0.3) is 0 Å². The van der Waals surface area contributed by atoms with Crippen molar-refractivity contribution in [2.24, 2.45) is 0 Å². The second kappa shape index (κ2) is 13.1. The van der Waals surface area contributed by atoms with Crippen molar-refractivity contribution in [2.75, 3.05) is 10.6 Å². The fourth-order valence-corrected chi connectivity index (χ4v) is 4.56. The Balaban J connectivity index is 1.68. The summed E-state index contributed by atoms with van der Waals surface area (Å²) in [5.41, 5.74) is 5.39. The van der Waals surface area contributed by atoms with E-state index in [1.165, 1.54) is 0 Å². The summed E-state index contributed by atoms with van der Waals surface area (Å²) in [5.74, 6) is -3.53. The van der Waals surface area contributed by atoms with Crippen molar-refractivity contribution < 1.29 is 29.4 Å². The van der Waals surface area contributed by atoms with Gasteiger partial charge >= 0.3 is 11.9 Å². The van der Waals surface area contributed by atoms with Crippen molar-refractivity contribution in [1.82, 2.24) is 0 Å². The van der Waals surface area contributed by atoms with Gasteiger partial charge in [-0.3, -0.25) is 9.59 Å². The van der Waals surface area contributed by atoms with Crippen LogP contribution >= 0.6 is 0 Å². The lowest BCUT2D eigenvalue weighted by molar-refractivity contribution is -0.132. The van der Waals surface area contributed by atoms with Crippen molar-refractivity contribution in [3.8, 4) is 11.1 Å². The molecule has 8 nitrogen and oxygen atoms in total. The third-order valence-corrected chi connectivity index (χ3v) is 6.78.